The average Bonchev–Trinajstić information content (AvgIpc) is 3.26. The van der Waals surface area contributed by atoms with Crippen LogP contribution in [0.15, 0.2) is 64.4 Å². The number of aliphatic hydroxyl groups excluding tert-OH is 1. The van der Waals surface area contributed by atoms with Gasteiger partial charge in [0, 0.05) is 22.0 Å². The number of ether oxygens (including phenoxy) is 1. The van der Waals surface area contributed by atoms with E-state index in [2.05, 4.69) is 43.1 Å². The van der Waals surface area contributed by atoms with Crippen molar-refractivity contribution in [2.45, 2.75) is 68.6 Å². The monoisotopic (exact) mass is 505 g/mol. The molecule has 36 heavy (non-hydrogen) atoms. The van der Waals surface area contributed by atoms with E-state index in [9.17, 15) is 5.11 Å². The summed E-state index contributed by atoms with van der Waals surface area (Å²) in [6.45, 7) is 9.23. The minimum absolute atomic E-state index is 0.192. The van der Waals surface area contributed by atoms with Gasteiger partial charge in [-0.2, -0.15) is 0 Å². The molecule has 0 aliphatic rings. The molecule has 0 atom stereocenters. The van der Waals surface area contributed by atoms with Crippen LogP contribution in [0, 0.1) is 6.92 Å². The maximum Gasteiger partial charge on any atom is 0.146 e. The highest BCUT2D eigenvalue weighted by atomic mass is 32.2. The van der Waals surface area contributed by atoms with Gasteiger partial charge in [0.1, 0.15) is 28.2 Å². The Bertz CT molecular complexity index is 1310. The number of aliphatic hydroxyl groups is 1. The predicted molar refractivity (Wildman–Crippen MR) is 146 cm³/mol. The van der Waals surface area contributed by atoms with Gasteiger partial charge >= 0.3 is 0 Å². The van der Waals surface area contributed by atoms with Crippen molar-refractivity contribution in [1.29, 1.82) is 0 Å². The van der Waals surface area contributed by atoms with E-state index in [1.165, 1.54) is 4.80 Å². The predicted octanol–water partition coefficient (Wildman–Crippen LogP) is 6.81. The molecule has 0 spiro atoms. The Hall–Kier alpha value is -3.03. The van der Waals surface area contributed by atoms with E-state index in [1.807, 2.05) is 49.4 Å². The Morgan fingerprint density at radius 1 is 0.861 bits per heavy atom. The van der Waals surface area contributed by atoms with Crippen LogP contribution in [0.1, 0.15) is 57.6 Å². The molecule has 0 aliphatic carbocycles. The topological polar surface area (TPSA) is 80.4 Å². The number of fused-ring (bicyclic) bond motifs is 1. The molecule has 6 nitrogen and oxygen atoms in total. The van der Waals surface area contributed by atoms with Crippen molar-refractivity contribution in [3.8, 4) is 17.2 Å². The summed E-state index contributed by atoms with van der Waals surface area (Å²) in [4.78, 5) is 3.71. The van der Waals surface area contributed by atoms with Crippen molar-refractivity contribution < 1.29 is 14.9 Å². The van der Waals surface area contributed by atoms with Gasteiger partial charge in [-0.1, -0.05) is 45.0 Å². The second-order valence-electron chi connectivity index (χ2n) is 10.1. The molecule has 3 aromatic carbocycles. The summed E-state index contributed by atoms with van der Waals surface area (Å²) in [7, 11) is 0. The van der Waals surface area contributed by atoms with Gasteiger partial charge in [0.25, 0.3) is 0 Å². The highest BCUT2D eigenvalue weighted by Gasteiger charge is 2.22. The lowest BCUT2D eigenvalue weighted by atomic mass is 9.85. The maximum atomic E-state index is 11.0. The number of nitrogens with zero attached hydrogens (tertiary/aromatic N) is 3. The van der Waals surface area contributed by atoms with Gasteiger partial charge in [-0.05, 0) is 85.7 Å². The van der Waals surface area contributed by atoms with Crippen molar-refractivity contribution in [2.24, 2.45) is 0 Å². The number of phenols is 1. The molecule has 0 fully saturated rings. The molecule has 7 heteroatoms. The van der Waals surface area contributed by atoms with E-state index < -0.39 is 0 Å². The summed E-state index contributed by atoms with van der Waals surface area (Å²) >= 11 is 1.66. The normalized spacial score (nSPS) is 11.8. The van der Waals surface area contributed by atoms with Gasteiger partial charge in [-0.15, -0.1) is 15.0 Å². The first kappa shape index (κ1) is 26.0. The highest BCUT2D eigenvalue weighted by molar-refractivity contribution is 7.99. The first-order valence-electron chi connectivity index (χ1n) is 12.5. The van der Waals surface area contributed by atoms with Gasteiger partial charge in [0.05, 0.1) is 6.61 Å². The van der Waals surface area contributed by atoms with Crippen LogP contribution < -0.4 is 4.74 Å². The summed E-state index contributed by atoms with van der Waals surface area (Å²) in [5.74, 6) is 1.09. The minimum Gasteiger partial charge on any atom is -0.505 e. The SMILES string of the molecule is Cc1cc(-n2nc3ccc(Sc4ccc(OCCCCCCO)cc4)cc3n2)c(O)c(C(C)(C)C)c1. The van der Waals surface area contributed by atoms with E-state index in [4.69, 9.17) is 9.84 Å². The summed E-state index contributed by atoms with van der Waals surface area (Å²) in [5.41, 5.74) is 3.89. The third-order valence-corrected chi connectivity index (χ3v) is 6.99. The van der Waals surface area contributed by atoms with Crippen LogP contribution >= 0.6 is 11.8 Å². The Balaban J connectivity index is 1.46. The van der Waals surface area contributed by atoms with Crippen LogP contribution in [0.2, 0.25) is 0 Å². The van der Waals surface area contributed by atoms with Gasteiger partial charge in [0.2, 0.25) is 0 Å². The lowest BCUT2D eigenvalue weighted by Crippen LogP contribution is -2.13. The molecule has 0 unspecified atom stereocenters. The molecule has 0 aliphatic heterocycles. The molecule has 0 radical (unpaired) electrons. The van der Waals surface area contributed by atoms with E-state index in [0.717, 1.165) is 63.4 Å². The number of unbranched alkanes of at least 4 members (excludes halogenated alkanes) is 3. The molecule has 0 saturated carbocycles. The van der Waals surface area contributed by atoms with Crippen LogP contribution in [-0.2, 0) is 5.41 Å². The van der Waals surface area contributed by atoms with E-state index >= 15 is 0 Å². The Kier molecular flexibility index (Phi) is 8.21. The molecule has 0 bridgehead atoms. The van der Waals surface area contributed by atoms with Crippen molar-refractivity contribution in [3.05, 3.63) is 65.7 Å². The van der Waals surface area contributed by atoms with Crippen LogP contribution in [0.25, 0.3) is 16.7 Å². The molecule has 4 rings (SSSR count). The lowest BCUT2D eigenvalue weighted by molar-refractivity contribution is 0.273. The first-order valence-corrected chi connectivity index (χ1v) is 13.3. The number of rotatable bonds is 10. The lowest BCUT2D eigenvalue weighted by Gasteiger charge is -2.22. The average molecular weight is 506 g/mol. The van der Waals surface area contributed by atoms with Crippen LogP contribution in [-0.4, -0.2) is 38.4 Å². The number of aromatic hydroxyl groups is 1. The minimum atomic E-state index is -0.192. The second-order valence-corrected chi connectivity index (χ2v) is 11.3. The molecule has 4 aromatic rings. The molecule has 190 valence electrons. The standard InChI is InChI=1S/C29H35N3O3S/c1-20-17-24(29(2,3)4)28(34)27(18-20)32-30-25-14-13-23(19-26(25)31-32)36-22-11-9-21(10-12-22)35-16-8-6-5-7-15-33/h9-14,17-19,33-34H,5-8,15-16H2,1-4H3. The molecule has 0 saturated heterocycles. The fourth-order valence-electron chi connectivity index (χ4n) is 4.05. The summed E-state index contributed by atoms with van der Waals surface area (Å²) in [5, 5.41) is 29.1. The van der Waals surface area contributed by atoms with Gasteiger partial charge < -0.3 is 14.9 Å². The molecule has 1 heterocycles. The number of hydrogen-bond acceptors (Lipinski definition) is 6. The second kappa shape index (κ2) is 11.4. The number of aromatic nitrogens is 3. The number of benzene rings is 3. The van der Waals surface area contributed by atoms with Crippen molar-refractivity contribution in [1.82, 2.24) is 15.0 Å². The summed E-state index contributed by atoms with van der Waals surface area (Å²) in [6.07, 6.45) is 3.97. The van der Waals surface area contributed by atoms with E-state index in [1.54, 1.807) is 11.8 Å². The fourth-order valence-corrected chi connectivity index (χ4v) is 4.90. The third-order valence-electron chi connectivity index (χ3n) is 5.99. The quantitative estimate of drug-likeness (QED) is 0.230. The number of aryl methyl sites for hydroxylation is 1. The molecule has 0 amide bonds. The number of hydrogen-bond donors (Lipinski definition) is 2. The molecular formula is C29H35N3O3S. The van der Waals surface area contributed by atoms with Gasteiger partial charge in [-0.25, -0.2) is 0 Å². The zero-order valence-corrected chi connectivity index (χ0v) is 22.3. The highest BCUT2D eigenvalue weighted by Crippen LogP contribution is 2.36. The van der Waals surface area contributed by atoms with Crippen LogP contribution in [0.4, 0.5) is 0 Å². The van der Waals surface area contributed by atoms with Crippen molar-refractivity contribution in [3.63, 3.8) is 0 Å². The Labute approximate surface area is 217 Å². The summed E-state index contributed by atoms with van der Waals surface area (Å²) < 4.78 is 5.83. The molecule has 2 N–H and O–H groups in total. The van der Waals surface area contributed by atoms with E-state index in [0.29, 0.717) is 12.3 Å². The Morgan fingerprint density at radius 2 is 1.56 bits per heavy atom. The zero-order chi connectivity index (χ0) is 25.7. The fraction of sp³-hybridized carbons (Fsp3) is 0.379. The van der Waals surface area contributed by atoms with Crippen LogP contribution in [0.3, 0.4) is 0 Å². The number of phenolic OH excluding ortho intramolecular Hbond substituents is 1. The van der Waals surface area contributed by atoms with Crippen LogP contribution in [0.5, 0.6) is 11.5 Å². The molecule has 1 aromatic heterocycles. The van der Waals surface area contributed by atoms with E-state index in [-0.39, 0.29) is 17.8 Å². The van der Waals surface area contributed by atoms with Gasteiger partial charge in [0.15, 0.2) is 0 Å². The van der Waals surface area contributed by atoms with Crippen molar-refractivity contribution in [2.75, 3.05) is 13.2 Å². The van der Waals surface area contributed by atoms with Gasteiger partial charge in [-0.3, -0.25) is 0 Å². The smallest absolute Gasteiger partial charge is 0.146 e. The Morgan fingerprint density at radius 3 is 2.28 bits per heavy atom. The molecular weight excluding hydrogens is 470 g/mol. The van der Waals surface area contributed by atoms with Crippen molar-refractivity contribution >= 4 is 22.8 Å². The summed E-state index contributed by atoms with van der Waals surface area (Å²) in [6, 6.07) is 18.1. The first-order chi connectivity index (χ1) is 17.2. The maximum absolute atomic E-state index is 11.0. The zero-order valence-electron chi connectivity index (χ0n) is 21.5. The largest absolute Gasteiger partial charge is 0.505 e. The third kappa shape index (κ3) is 6.39.